The van der Waals surface area contributed by atoms with Gasteiger partial charge in [-0.2, -0.15) is 0 Å². The molecule has 4 rings (SSSR count). The zero-order valence-electron chi connectivity index (χ0n) is 12.5. The molecule has 0 bridgehead atoms. The molecule has 2 aromatic carbocycles. The second-order valence-corrected chi connectivity index (χ2v) is 5.67. The molecule has 0 radical (unpaired) electrons. The Kier molecular flexibility index (Phi) is 3.10. The highest BCUT2D eigenvalue weighted by Gasteiger charge is 2.48. The lowest BCUT2D eigenvalue weighted by molar-refractivity contribution is -0.274. The molecule has 25 heavy (non-hydrogen) atoms. The van der Waals surface area contributed by atoms with Crippen molar-refractivity contribution >= 4 is 22.5 Å². The zero-order chi connectivity index (χ0) is 17.8. The van der Waals surface area contributed by atoms with E-state index in [0.717, 1.165) is 12.1 Å². The monoisotopic (exact) mass is 348 g/mol. The molecule has 0 fully saturated rings. The summed E-state index contributed by atoms with van der Waals surface area (Å²) in [6, 6.07) is 10.3. The lowest BCUT2D eigenvalue weighted by atomic mass is 9.87. The van der Waals surface area contributed by atoms with Crippen LogP contribution in [0.3, 0.4) is 0 Å². The van der Waals surface area contributed by atoms with Crippen LogP contribution in [0, 0.1) is 0 Å². The maximum Gasteiger partial charge on any atom is 0.573 e. The van der Waals surface area contributed by atoms with Crippen LogP contribution in [0.4, 0.5) is 18.9 Å². The van der Waals surface area contributed by atoms with Crippen LogP contribution in [0.5, 0.6) is 5.75 Å². The molecule has 3 aromatic rings. The van der Waals surface area contributed by atoms with E-state index >= 15 is 0 Å². The van der Waals surface area contributed by atoms with E-state index in [9.17, 15) is 23.1 Å². The van der Waals surface area contributed by atoms with Gasteiger partial charge >= 0.3 is 6.36 Å². The number of carbonyl (C=O) groups is 1. The van der Waals surface area contributed by atoms with E-state index in [1.165, 1.54) is 12.3 Å². The van der Waals surface area contributed by atoms with Crippen molar-refractivity contribution in [2.45, 2.75) is 12.0 Å². The summed E-state index contributed by atoms with van der Waals surface area (Å²) in [5.41, 5.74) is -0.949. The van der Waals surface area contributed by atoms with Gasteiger partial charge in [0.25, 0.3) is 5.91 Å². The number of aromatic amines is 1. The molecule has 0 saturated heterocycles. The number of nitrogens with one attached hydrogen (secondary N) is 2. The Balaban J connectivity index is 1.89. The van der Waals surface area contributed by atoms with Crippen molar-refractivity contribution in [3.63, 3.8) is 0 Å². The molecule has 128 valence electrons. The van der Waals surface area contributed by atoms with Gasteiger partial charge in [-0.15, -0.1) is 13.2 Å². The molecule has 1 atom stereocenters. The first-order valence-corrected chi connectivity index (χ1v) is 7.30. The van der Waals surface area contributed by atoms with E-state index in [-0.39, 0.29) is 16.8 Å². The summed E-state index contributed by atoms with van der Waals surface area (Å²) in [5, 5.41) is 14.2. The summed E-state index contributed by atoms with van der Waals surface area (Å²) in [6.45, 7) is 0. The van der Waals surface area contributed by atoms with Crippen molar-refractivity contribution in [3.05, 3.63) is 59.8 Å². The van der Waals surface area contributed by atoms with Crippen molar-refractivity contribution in [2.75, 3.05) is 5.32 Å². The van der Waals surface area contributed by atoms with Gasteiger partial charge in [-0.3, -0.25) is 4.79 Å². The number of benzene rings is 2. The maximum atomic E-state index is 12.5. The number of aliphatic hydroxyl groups is 1. The van der Waals surface area contributed by atoms with Crippen molar-refractivity contribution in [1.82, 2.24) is 4.98 Å². The van der Waals surface area contributed by atoms with Crippen LogP contribution in [0.15, 0.2) is 48.7 Å². The van der Waals surface area contributed by atoms with Crippen molar-refractivity contribution in [2.24, 2.45) is 0 Å². The van der Waals surface area contributed by atoms with Gasteiger partial charge in [0.1, 0.15) is 5.75 Å². The quantitative estimate of drug-likeness (QED) is 0.666. The number of alkyl halides is 3. The number of aromatic nitrogens is 1. The third-order valence-electron chi connectivity index (χ3n) is 4.17. The molecule has 1 aromatic heterocycles. The highest BCUT2D eigenvalue weighted by Crippen LogP contribution is 2.45. The van der Waals surface area contributed by atoms with Gasteiger partial charge in [-0.05, 0) is 24.3 Å². The van der Waals surface area contributed by atoms with Gasteiger partial charge in [-0.25, -0.2) is 0 Å². The number of hydrogen-bond donors (Lipinski definition) is 3. The van der Waals surface area contributed by atoms with Crippen molar-refractivity contribution in [1.29, 1.82) is 0 Å². The van der Waals surface area contributed by atoms with Crippen LogP contribution in [-0.4, -0.2) is 22.4 Å². The fourth-order valence-corrected chi connectivity index (χ4v) is 3.10. The molecule has 8 heteroatoms. The first kappa shape index (κ1) is 15.5. The summed E-state index contributed by atoms with van der Waals surface area (Å²) < 4.78 is 41.3. The first-order chi connectivity index (χ1) is 11.8. The summed E-state index contributed by atoms with van der Waals surface area (Å²) in [7, 11) is 0. The molecule has 1 unspecified atom stereocenters. The summed E-state index contributed by atoms with van der Waals surface area (Å²) >= 11 is 0. The second-order valence-electron chi connectivity index (χ2n) is 5.67. The van der Waals surface area contributed by atoms with Crippen LogP contribution < -0.4 is 10.1 Å². The summed E-state index contributed by atoms with van der Waals surface area (Å²) in [5.74, 6) is -1.25. The number of ether oxygens (including phenoxy) is 1. The van der Waals surface area contributed by atoms with Gasteiger partial charge < -0.3 is 20.1 Å². The standard InChI is InChI=1S/C17H11F3N2O3/c18-17(19,20)25-9-5-6-14-11(7-9)16(24,15(23)22-14)12-8-21-13-4-2-1-3-10(12)13/h1-8,21,24H,(H,22,23). The van der Waals surface area contributed by atoms with E-state index in [1.807, 2.05) is 0 Å². The van der Waals surface area contributed by atoms with Gasteiger partial charge in [0.05, 0.1) is 0 Å². The minimum atomic E-state index is -4.87. The van der Waals surface area contributed by atoms with E-state index < -0.39 is 23.6 Å². The molecular weight excluding hydrogens is 337 g/mol. The molecule has 5 nitrogen and oxygen atoms in total. The lowest BCUT2D eigenvalue weighted by Crippen LogP contribution is -2.35. The Hall–Kier alpha value is -3.00. The molecule has 1 aliphatic heterocycles. The van der Waals surface area contributed by atoms with Gasteiger partial charge in [-0.1, -0.05) is 18.2 Å². The van der Waals surface area contributed by atoms with E-state index in [0.29, 0.717) is 10.9 Å². The molecular formula is C17H11F3N2O3. The molecule has 0 aliphatic carbocycles. The summed E-state index contributed by atoms with van der Waals surface area (Å²) in [4.78, 5) is 15.4. The number of rotatable bonds is 2. The molecule has 0 spiro atoms. The molecule has 0 saturated carbocycles. The minimum Gasteiger partial charge on any atom is -0.406 e. The van der Waals surface area contributed by atoms with E-state index in [1.54, 1.807) is 24.3 Å². The number of carbonyl (C=O) groups excluding carboxylic acids is 1. The van der Waals surface area contributed by atoms with Crippen LogP contribution in [0.2, 0.25) is 0 Å². The number of para-hydroxylation sites is 1. The topological polar surface area (TPSA) is 74.3 Å². The predicted molar refractivity (Wildman–Crippen MR) is 83.1 cm³/mol. The van der Waals surface area contributed by atoms with Crippen molar-refractivity contribution < 1.29 is 27.8 Å². The number of anilines is 1. The van der Waals surface area contributed by atoms with Crippen LogP contribution in [-0.2, 0) is 10.4 Å². The number of hydrogen-bond acceptors (Lipinski definition) is 3. The second kappa shape index (κ2) is 5.00. The molecule has 2 heterocycles. The fraction of sp³-hybridized carbons (Fsp3) is 0.118. The van der Waals surface area contributed by atoms with Crippen LogP contribution in [0.1, 0.15) is 11.1 Å². The van der Waals surface area contributed by atoms with Crippen LogP contribution >= 0.6 is 0 Å². The predicted octanol–water partition coefficient (Wildman–Crippen LogP) is 3.25. The van der Waals surface area contributed by atoms with Gasteiger partial charge in [0.15, 0.2) is 5.60 Å². The Morgan fingerprint density at radius 3 is 2.60 bits per heavy atom. The lowest BCUT2D eigenvalue weighted by Gasteiger charge is -2.21. The van der Waals surface area contributed by atoms with E-state index in [4.69, 9.17) is 0 Å². The summed E-state index contributed by atoms with van der Waals surface area (Å²) in [6.07, 6.45) is -3.40. The van der Waals surface area contributed by atoms with Crippen LogP contribution in [0.25, 0.3) is 10.9 Å². The van der Waals surface area contributed by atoms with Gasteiger partial charge in [0.2, 0.25) is 0 Å². The third kappa shape index (κ3) is 2.33. The maximum absolute atomic E-state index is 12.5. The highest BCUT2D eigenvalue weighted by atomic mass is 19.4. The number of fused-ring (bicyclic) bond motifs is 2. The number of H-pyrrole nitrogens is 1. The SMILES string of the molecule is O=C1Nc2ccc(OC(F)(F)F)cc2C1(O)c1c[nH]c2ccccc12. The smallest absolute Gasteiger partial charge is 0.406 e. The first-order valence-electron chi connectivity index (χ1n) is 7.30. The fourth-order valence-electron chi connectivity index (χ4n) is 3.10. The van der Waals surface area contributed by atoms with Gasteiger partial charge in [0, 0.05) is 33.9 Å². The molecule has 1 aliphatic rings. The molecule has 3 N–H and O–H groups in total. The third-order valence-corrected chi connectivity index (χ3v) is 4.17. The largest absolute Gasteiger partial charge is 0.573 e. The Morgan fingerprint density at radius 1 is 1.08 bits per heavy atom. The molecule has 1 amide bonds. The Morgan fingerprint density at radius 2 is 1.84 bits per heavy atom. The number of amides is 1. The normalized spacial score (nSPS) is 19.8. The average Bonchev–Trinajstić information content (AvgIpc) is 3.07. The number of halogens is 3. The Labute approximate surface area is 139 Å². The minimum absolute atomic E-state index is 0.00371. The Bertz CT molecular complexity index is 996. The zero-order valence-corrected chi connectivity index (χ0v) is 12.5. The van der Waals surface area contributed by atoms with Crippen molar-refractivity contribution in [3.8, 4) is 5.75 Å². The van der Waals surface area contributed by atoms with E-state index in [2.05, 4.69) is 15.0 Å². The highest BCUT2D eigenvalue weighted by molar-refractivity contribution is 6.09. The average molecular weight is 348 g/mol.